The molecule has 194 valence electrons. The van der Waals surface area contributed by atoms with Crippen molar-refractivity contribution < 1.29 is 18.9 Å². The molecule has 4 aromatic carbocycles. The molecule has 1 aliphatic heterocycles. The fraction of sp³-hybridized carbons (Fsp3) is 0.125. The number of benzene rings is 4. The molecule has 0 unspecified atom stereocenters. The molecule has 0 fully saturated rings. The predicted octanol–water partition coefficient (Wildman–Crippen LogP) is 3.83. The monoisotopic (exact) mass is 722 g/mol. The number of hydrogen-bond donors (Lipinski definition) is 0. The summed E-state index contributed by atoms with van der Waals surface area (Å²) in [7, 11) is 6.88. The molecular weight excluding hydrogens is 692 g/mol. The van der Waals surface area contributed by atoms with Gasteiger partial charge in [0, 0.05) is 0 Å². The molecular formula is C32H32O4Sb2. The maximum atomic E-state index is 5.56. The van der Waals surface area contributed by atoms with Gasteiger partial charge in [-0.15, -0.1) is 0 Å². The van der Waals surface area contributed by atoms with Crippen LogP contribution in [0.2, 0.25) is 0 Å². The van der Waals surface area contributed by atoms with Crippen LogP contribution in [0.5, 0.6) is 23.0 Å². The van der Waals surface area contributed by atoms with Gasteiger partial charge in [-0.3, -0.25) is 0 Å². The molecule has 1 heterocycles. The second-order valence-electron chi connectivity index (χ2n) is 8.85. The Morgan fingerprint density at radius 3 is 0.737 bits per heavy atom. The van der Waals surface area contributed by atoms with Crippen LogP contribution < -0.4 is 33.0 Å². The van der Waals surface area contributed by atoms with E-state index in [1.807, 2.05) is 0 Å². The molecule has 0 radical (unpaired) electrons. The van der Waals surface area contributed by atoms with Crippen LogP contribution in [0.1, 0.15) is 0 Å². The van der Waals surface area contributed by atoms with Crippen molar-refractivity contribution in [3.05, 3.63) is 117 Å². The Kier molecular flexibility index (Phi) is 8.12. The first-order chi connectivity index (χ1) is 18.6. The minimum atomic E-state index is -3.54. The van der Waals surface area contributed by atoms with E-state index >= 15 is 0 Å². The van der Waals surface area contributed by atoms with Crippen LogP contribution in [-0.2, 0) is 0 Å². The molecule has 0 bridgehead atoms. The van der Waals surface area contributed by atoms with Crippen LogP contribution in [0, 0.1) is 0 Å². The van der Waals surface area contributed by atoms with E-state index in [0.717, 1.165) is 23.0 Å². The van der Waals surface area contributed by atoms with Crippen molar-refractivity contribution in [3.8, 4) is 23.0 Å². The SMILES string of the molecule is COc1cc[c]([Sb]2([c]3ccc(OC)cc3)=[Sb]([c]3ccc(OC)cc3)([c]3ccc(OC)cc3)[CH]=CC=[CH]2)cc1. The molecule has 4 nitrogen and oxygen atoms in total. The maximum absolute atomic E-state index is 5.56. The van der Waals surface area contributed by atoms with Crippen LogP contribution in [-0.4, -0.2) is 56.5 Å². The van der Waals surface area contributed by atoms with Crippen LogP contribution in [0.25, 0.3) is 0 Å². The van der Waals surface area contributed by atoms with Gasteiger partial charge in [0.2, 0.25) is 0 Å². The van der Waals surface area contributed by atoms with Crippen molar-refractivity contribution in [1.29, 1.82) is 0 Å². The van der Waals surface area contributed by atoms with Gasteiger partial charge in [0.15, 0.2) is 0 Å². The quantitative estimate of drug-likeness (QED) is 0.260. The van der Waals surface area contributed by atoms with E-state index in [1.165, 1.54) is 14.0 Å². The minimum absolute atomic E-state index is 0.868. The molecule has 0 atom stereocenters. The Morgan fingerprint density at radius 1 is 0.342 bits per heavy atom. The topological polar surface area (TPSA) is 36.9 Å². The van der Waals surface area contributed by atoms with E-state index in [2.05, 4.69) is 117 Å². The third-order valence-electron chi connectivity index (χ3n) is 7.08. The molecule has 5 rings (SSSR count). The van der Waals surface area contributed by atoms with Crippen molar-refractivity contribution in [2.24, 2.45) is 0 Å². The molecule has 0 spiro atoms. The van der Waals surface area contributed by atoms with Crippen molar-refractivity contribution in [2.75, 3.05) is 28.4 Å². The molecule has 1 aliphatic rings. The van der Waals surface area contributed by atoms with Crippen molar-refractivity contribution in [2.45, 2.75) is 0 Å². The first-order valence-corrected chi connectivity index (χ1v) is 29.2. The van der Waals surface area contributed by atoms with Crippen LogP contribution in [0.15, 0.2) is 117 Å². The third-order valence-corrected chi connectivity index (χ3v) is 67.6. The molecule has 0 saturated carbocycles. The number of allylic oxidation sites excluding steroid dienone is 2. The zero-order chi connectivity index (χ0) is 26.6. The molecule has 6 heteroatoms. The van der Waals surface area contributed by atoms with Gasteiger partial charge in [-0.2, -0.15) is 0 Å². The average molecular weight is 724 g/mol. The summed E-state index contributed by atoms with van der Waals surface area (Å²) < 4.78 is 33.1. The summed E-state index contributed by atoms with van der Waals surface area (Å²) in [5, 5.41) is 0. The molecule has 0 aliphatic carbocycles. The number of hydrogen-bond acceptors (Lipinski definition) is 4. The second-order valence-corrected chi connectivity index (χ2v) is 48.4. The number of ether oxygens (including phenoxy) is 4. The Bertz CT molecular complexity index is 1310. The van der Waals surface area contributed by atoms with Gasteiger partial charge in [-0.05, 0) is 0 Å². The van der Waals surface area contributed by atoms with E-state index in [4.69, 9.17) is 18.9 Å². The summed E-state index contributed by atoms with van der Waals surface area (Å²) in [5.41, 5.74) is 0. The van der Waals surface area contributed by atoms with Gasteiger partial charge in [0.1, 0.15) is 0 Å². The van der Waals surface area contributed by atoms with Crippen molar-refractivity contribution in [3.63, 3.8) is 0 Å². The molecule has 0 N–H and O–H groups in total. The van der Waals surface area contributed by atoms with Gasteiger partial charge < -0.3 is 0 Å². The van der Waals surface area contributed by atoms with E-state index in [0.29, 0.717) is 0 Å². The van der Waals surface area contributed by atoms with E-state index in [1.54, 1.807) is 28.4 Å². The molecule has 4 aromatic rings. The molecule has 38 heavy (non-hydrogen) atoms. The van der Waals surface area contributed by atoms with Gasteiger partial charge in [0.25, 0.3) is 0 Å². The summed E-state index contributed by atoms with van der Waals surface area (Å²) >= 11 is -7.08. The Morgan fingerprint density at radius 2 is 0.553 bits per heavy atom. The van der Waals surface area contributed by atoms with Gasteiger partial charge in [-0.1, -0.05) is 0 Å². The fourth-order valence-corrected chi connectivity index (χ4v) is 72.2. The van der Waals surface area contributed by atoms with Crippen molar-refractivity contribution in [1.82, 2.24) is 0 Å². The second kappa shape index (κ2) is 11.5. The van der Waals surface area contributed by atoms with E-state index in [-0.39, 0.29) is 0 Å². The van der Waals surface area contributed by atoms with Crippen LogP contribution >= 0.6 is 0 Å². The summed E-state index contributed by atoms with van der Waals surface area (Å²) in [4.78, 5) is 0. The average Bonchev–Trinajstić information content (AvgIpc) is 3.01. The standard InChI is InChI=1S/4C7H7O.C4H4.2Sb/c4*1-8-7-5-3-2-4-6-7;1-3-4-2;;/h4*3-6H,1H3;1-4H;;. The number of methoxy groups -OCH3 is 4. The molecule has 0 saturated heterocycles. The van der Waals surface area contributed by atoms with Crippen LogP contribution in [0.3, 0.4) is 0 Å². The summed E-state index contributed by atoms with van der Waals surface area (Å²) in [5.74, 6) is 3.47. The third kappa shape index (κ3) is 4.53. The van der Waals surface area contributed by atoms with Gasteiger partial charge in [-0.25, -0.2) is 0 Å². The molecule has 0 aromatic heterocycles. The van der Waals surface area contributed by atoms with E-state index < -0.39 is 28.1 Å². The summed E-state index contributed by atoms with van der Waals surface area (Å²) in [6.07, 6.45) is 4.56. The first-order valence-electron chi connectivity index (χ1n) is 12.3. The first kappa shape index (κ1) is 26.8. The zero-order valence-electron chi connectivity index (χ0n) is 22.1. The number of rotatable bonds is 8. The van der Waals surface area contributed by atoms with Crippen LogP contribution in [0.4, 0.5) is 0 Å². The Labute approximate surface area is 228 Å². The predicted molar refractivity (Wildman–Crippen MR) is 160 cm³/mol. The Balaban J connectivity index is 2.01. The normalized spacial score (nSPS) is 15.1. The molecule has 0 amide bonds. The van der Waals surface area contributed by atoms with Crippen molar-refractivity contribution >= 4 is 42.1 Å². The van der Waals surface area contributed by atoms with Gasteiger partial charge >= 0.3 is 230 Å². The summed E-state index contributed by atoms with van der Waals surface area (Å²) in [6.45, 7) is 0. The van der Waals surface area contributed by atoms with Gasteiger partial charge in [0.05, 0.1) is 0 Å². The Hall–Kier alpha value is -2.80. The zero-order valence-corrected chi connectivity index (χ0v) is 27.2. The van der Waals surface area contributed by atoms with E-state index in [9.17, 15) is 0 Å². The summed E-state index contributed by atoms with van der Waals surface area (Å²) in [6, 6.07) is 35.3. The fourth-order valence-electron chi connectivity index (χ4n) is 5.17.